The van der Waals surface area contributed by atoms with Crippen LogP contribution >= 0.6 is 11.8 Å². The minimum Gasteiger partial charge on any atom is -0.324 e. The third kappa shape index (κ3) is 6.05. The van der Waals surface area contributed by atoms with E-state index in [4.69, 9.17) is 0 Å². The third-order valence-electron chi connectivity index (χ3n) is 4.66. The Labute approximate surface area is 186 Å². The number of nitrogens with zero attached hydrogens (tertiary/aromatic N) is 3. The Morgan fingerprint density at radius 2 is 1.61 bits per heavy atom. The summed E-state index contributed by atoms with van der Waals surface area (Å²) >= 11 is 1.45. The second-order valence-corrected chi connectivity index (χ2v) is 8.25. The van der Waals surface area contributed by atoms with Crippen LogP contribution in [0.3, 0.4) is 0 Å². The minimum atomic E-state index is -0.355. The first-order valence-electron chi connectivity index (χ1n) is 9.77. The van der Waals surface area contributed by atoms with Crippen molar-refractivity contribution in [2.45, 2.75) is 30.8 Å². The predicted molar refractivity (Wildman–Crippen MR) is 124 cm³/mol. The van der Waals surface area contributed by atoms with Crippen LogP contribution in [0.2, 0.25) is 0 Å². The summed E-state index contributed by atoms with van der Waals surface area (Å²) in [6.07, 6.45) is 3.40. The largest absolute Gasteiger partial charge is 0.324 e. The highest BCUT2D eigenvalue weighted by Crippen LogP contribution is 2.28. The van der Waals surface area contributed by atoms with Crippen LogP contribution < -0.4 is 10.6 Å². The SMILES string of the molecule is Cc1cc(Sc2ncccn2)ccc1NC(=O)N(C)CC(=O)Nc1c(C)cccc1C. The highest BCUT2D eigenvalue weighted by molar-refractivity contribution is 7.99. The van der Waals surface area contributed by atoms with Crippen LogP contribution in [0, 0.1) is 20.8 Å². The molecule has 3 rings (SSSR count). The Balaban J connectivity index is 1.58. The first-order valence-corrected chi connectivity index (χ1v) is 10.6. The van der Waals surface area contributed by atoms with E-state index in [9.17, 15) is 9.59 Å². The van der Waals surface area contributed by atoms with Gasteiger partial charge in [0.2, 0.25) is 5.91 Å². The Morgan fingerprint density at radius 1 is 0.935 bits per heavy atom. The van der Waals surface area contributed by atoms with Gasteiger partial charge in [0, 0.05) is 35.7 Å². The summed E-state index contributed by atoms with van der Waals surface area (Å²) in [4.78, 5) is 35.7. The number of amides is 3. The average Bonchev–Trinajstić information content (AvgIpc) is 2.73. The minimum absolute atomic E-state index is 0.0576. The predicted octanol–water partition coefficient (Wildman–Crippen LogP) is 4.66. The molecule has 3 aromatic rings. The Morgan fingerprint density at radius 3 is 2.26 bits per heavy atom. The second-order valence-electron chi connectivity index (χ2n) is 7.21. The molecule has 0 spiro atoms. The molecule has 0 saturated heterocycles. The van der Waals surface area contributed by atoms with Crippen molar-refractivity contribution >= 4 is 35.1 Å². The molecule has 0 radical (unpaired) electrons. The number of hydrogen-bond donors (Lipinski definition) is 2. The van der Waals surface area contributed by atoms with Crippen LogP contribution in [0.5, 0.6) is 0 Å². The normalized spacial score (nSPS) is 10.5. The number of carbonyl (C=O) groups excluding carboxylic acids is 2. The third-order valence-corrected chi connectivity index (χ3v) is 5.55. The lowest BCUT2D eigenvalue weighted by Crippen LogP contribution is -2.38. The fraction of sp³-hybridized carbons (Fsp3) is 0.217. The van der Waals surface area contributed by atoms with E-state index < -0.39 is 0 Å². The van der Waals surface area contributed by atoms with Crippen LogP contribution in [-0.4, -0.2) is 40.4 Å². The molecule has 0 aliphatic heterocycles. The summed E-state index contributed by atoms with van der Waals surface area (Å²) in [6, 6.07) is 12.9. The van der Waals surface area contributed by atoms with E-state index in [0.717, 1.165) is 27.3 Å². The Kier molecular flexibility index (Phi) is 7.25. The number of aryl methyl sites for hydroxylation is 3. The smallest absolute Gasteiger partial charge is 0.322 e. The molecule has 1 aromatic heterocycles. The van der Waals surface area contributed by atoms with Gasteiger partial charge >= 0.3 is 6.03 Å². The first kappa shape index (κ1) is 22.3. The number of anilines is 2. The number of likely N-dealkylation sites (N-methyl/N-ethyl adjacent to an activating group) is 1. The summed E-state index contributed by atoms with van der Waals surface area (Å²) in [5.41, 5.74) is 4.34. The van der Waals surface area contributed by atoms with Gasteiger partial charge in [0.15, 0.2) is 5.16 Å². The zero-order chi connectivity index (χ0) is 22.4. The topological polar surface area (TPSA) is 87.2 Å². The van der Waals surface area contributed by atoms with Gasteiger partial charge in [-0.3, -0.25) is 4.79 Å². The molecule has 160 valence electrons. The molecule has 2 N–H and O–H groups in total. The lowest BCUT2D eigenvalue weighted by atomic mass is 10.1. The van der Waals surface area contributed by atoms with E-state index in [0.29, 0.717) is 10.8 Å². The quantitative estimate of drug-likeness (QED) is 0.550. The monoisotopic (exact) mass is 435 g/mol. The number of carbonyl (C=O) groups is 2. The maximum absolute atomic E-state index is 12.6. The number of aromatic nitrogens is 2. The van der Waals surface area contributed by atoms with Gasteiger partial charge in [0.25, 0.3) is 0 Å². The summed E-state index contributed by atoms with van der Waals surface area (Å²) in [5, 5.41) is 6.41. The molecule has 0 unspecified atom stereocenters. The summed E-state index contributed by atoms with van der Waals surface area (Å²) < 4.78 is 0. The van der Waals surface area contributed by atoms with Gasteiger partial charge in [0.05, 0.1) is 0 Å². The van der Waals surface area contributed by atoms with Gasteiger partial charge in [-0.25, -0.2) is 14.8 Å². The standard InChI is InChI=1S/C23H25N5O2S/c1-15-7-5-8-16(2)21(15)27-20(29)14-28(4)23(30)26-19-10-9-18(13-17(19)3)31-22-24-11-6-12-25-22/h5-13H,14H2,1-4H3,(H,26,30)(H,27,29). The van der Waals surface area contributed by atoms with Gasteiger partial charge in [-0.2, -0.15) is 0 Å². The number of rotatable bonds is 6. The van der Waals surface area contributed by atoms with Crippen LogP contribution in [-0.2, 0) is 4.79 Å². The number of benzene rings is 2. The fourth-order valence-corrected chi connectivity index (χ4v) is 3.78. The molecule has 7 nitrogen and oxygen atoms in total. The van der Waals surface area contributed by atoms with Crippen molar-refractivity contribution < 1.29 is 9.59 Å². The Hall–Kier alpha value is -3.39. The van der Waals surface area contributed by atoms with Gasteiger partial charge in [0.1, 0.15) is 6.54 Å². The van der Waals surface area contributed by atoms with Gasteiger partial charge < -0.3 is 15.5 Å². The molecule has 0 bridgehead atoms. The van der Waals surface area contributed by atoms with E-state index in [1.165, 1.54) is 16.7 Å². The highest BCUT2D eigenvalue weighted by atomic mass is 32.2. The second kappa shape index (κ2) is 10.1. The molecule has 31 heavy (non-hydrogen) atoms. The van der Waals surface area contributed by atoms with Crippen LogP contribution in [0.15, 0.2) is 64.9 Å². The van der Waals surface area contributed by atoms with Gasteiger partial charge in [-0.1, -0.05) is 18.2 Å². The van der Waals surface area contributed by atoms with Crippen molar-refractivity contribution in [1.29, 1.82) is 0 Å². The number of hydrogen-bond acceptors (Lipinski definition) is 5. The molecule has 1 heterocycles. The molecule has 2 aromatic carbocycles. The van der Waals surface area contributed by atoms with Gasteiger partial charge in [-0.15, -0.1) is 0 Å². The first-order chi connectivity index (χ1) is 14.8. The Bertz CT molecular complexity index is 1070. The fourth-order valence-electron chi connectivity index (χ4n) is 2.97. The molecule has 0 fully saturated rings. The maximum atomic E-state index is 12.6. The number of nitrogens with one attached hydrogen (secondary N) is 2. The highest BCUT2D eigenvalue weighted by Gasteiger charge is 2.15. The van der Waals surface area contributed by atoms with Crippen molar-refractivity contribution in [1.82, 2.24) is 14.9 Å². The van der Waals surface area contributed by atoms with E-state index in [2.05, 4.69) is 20.6 Å². The number of urea groups is 1. The zero-order valence-electron chi connectivity index (χ0n) is 18.0. The van der Waals surface area contributed by atoms with Crippen LogP contribution in [0.25, 0.3) is 0 Å². The van der Waals surface area contributed by atoms with Crippen LogP contribution in [0.1, 0.15) is 16.7 Å². The van der Waals surface area contributed by atoms with E-state index in [1.807, 2.05) is 57.2 Å². The number of para-hydroxylation sites is 1. The van der Waals surface area contributed by atoms with E-state index in [1.54, 1.807) is 25.5 Å². The molecule has 3 amide bonds. The van der Waals surface area contributed by atoms with Crippen LogP contribution in [0.4, 0.5) is 16.2 Å². The average molecular weight is 436 g/mol. The van der Waals surface area contributed by atoms with Gasteiger partial charge in [-0.05, 0) is 73.5 Å². The van der Waals surface area contributed by atoms with Crippen molar-refractivity contribution in [3.8, 4) is 0 Å². The van der Waals surface area contributed by atoms with Crippen molar-refractivity contribution in [2.24, 2.45) is 0 Å². The molecule has 8 heteroatoms. The summed E-state index contributed by atoms with van der Waals surface area (Å²) in [5.74, 6) is -0.249. The molecule has 0 saturated carbocycles. The molecule has 0 aliphatic rings. The van der Waals surface area contributed by atoms with E-state index in [-0.39, 0.29) is 18.5 Å². The van der Waals surface area contributed by atoms with Crippen molar-refractivity contribution in [3.63, 3.8) is 0 Å². The summed E-state index contributed by atoms with van der Waals surface area (Å²) in [6.45, 7) is 5.73. The molecule has 0 atom stereocenters. The maximum Gasteiger partial charge on any atom is 0.322 e. The summed E-state index contributed by atoms with van der Waals surface area (Å²) in [7, 11) is 1.59. The van der Waals surface area contributed by atoms with E-state index >= 15 is 0 Å². The van der Waals surface area contributed by atoms with Crippen molar-refractivity contribution in [3.05, 3.63) is 71.5 Å². The molecular weight excluding hydrogens is 410 g/mol. The van der Waals surface area contributed by atoms with Crippen molar-refractivity contribution in [2.75, 3.05) is 24.2 Å². The zero-order valence-corrected chi connectivity index (χ0v) is 18.8. The lowest BCUT2D eigenvalue weighted by Gasteiger charge is -2.19. The molecule has 0 aliphatic carbocycles. The lowest BCUT2D eigenvalue weighted by molar-refractivity contribution is -0.116. The molecular formula is C23H25N5O2S.